The van der Waals surface area contributed by atoms with Gasteiger partial charge in [-0.3, -0.25) is 14.4 Å². The second-order valence-corrected chi connectivity index (χ2v) is 37.3. The standard InChI is InChI=1S/C127H154O22/c1-4-7-10-12-16-49-74-111(144-122(133)91-83-102-60-36-25-37-61-102)112(145-123(134)92-84-103-62-38-26-39-63-103)76-50-17-13-20-53-78-117(128)139-98-108(141-119(130)80-55-22-15-18-51-75-110(143-121(132)90-82-101-58-34-24-35-59-101)109(73-48-11-8-5-2)142-120(131)89-81-100-56-32-23-33-57-100)99-140-118(129)79-54-21-14-19-52-77-114(147-125(136)94-86-105-66-42-28-43-67-105)116(149-127(138)96-88-107-70-46-30-47-71-107)97-115(148-126(137)95-87-106-68-44-29-45-69-106)113(72-31-9-6-3)146-124(135)93-85-104-64-40-27-41-65-104/h23-30,32-47,56-71,81-96,108-116H,4-22,31,48-55,72-80,97-99H2,1-3H3. The number of hydrogen-bond acceptors (Lipinski definition) is 22. The van der Waals surface area contributed by atoms with E-state index < -0.39 is 134 Å². The van der Waals surface area contributed by atoms with Gasteiger partial charge in [0.15, 0.2) is 6.10 Å². The molecule has 0 saturated carbocycles. The van der Waals surface area contributed by atoms with Crippen LogP contribution in [0.5, 0.6) is 0 Å². The second kappa shape index (κ2) is 75.5. The van der Waals surface area contributed by atoms with Gasteiger partial charge >= 0.3 is 65.7 Å². The third-order valence-corrected chi connectivity index (χ3v) is 25.0. The number of benzene rings is 8. The van der Waals surface area contributed by atoms with Crippen molar-refractivity contribution in [1.29, 1.82) is 0 Å². The van der Waals surface area contributed by atoms with Crippen LogP contribution in [0.4, 0.5) is 0 Å². The molecule has 0 aromatic heterocycles. The van der Waals surface area contributed by atoms with E-state index in [4.69, 9.17) is 52.1 Å². The summed E-state index contributed by atoms with van der Waals surface area (Å²) in [5, 5.41) is 0. The van der Waals surface area contributed by atoms with Gasteiger partial charge < -0.3 is 52.1 Å². The number of hydrogen-bond donors (Lipinski definition) is 0. The van der Waals surface area contributed by atoms with Crippen molar-refractivity contribution in [2.45, 2.75) is 320 Å². The van der Waals surface area contributed by atoms with Crippen LogP contribution < -0.4 is 0 Å². The zero-order chi connectivity index (χ0) is 106. The molecule has 0 amide bonds. The minimum Gasteiger partial charge on any atom is -0.462 e. The van der Waals surface area contributed by atoms with E-state index in [2.05, 4.69) is 13.8 Å². The first-order valence-electron chi connectivity index (χ1n) is 53.9. The number of unbranched alkanes of at least 4 members (excludes halogenated alkanes) is 22. The van der Waals surface area contributed by atoms with E-state index in [0.29, 0.717) is 121 Å². The van der Waals surface area contributed by atoms with Crippen LogP contribution in [0.2, 0.25) is 0 Å². The van der Waals surface area contributed by atoms with Crippen molar-refractivity contribution in [2.75, 3.05) is 13.2 Å². The number of carbonyl (C=O) groups excluding carboxylic acids is 11. The van der Waals surface area contributed by atoms with Crippen LogP contribution in [0.3, 0.4) is 0 Å². The van der Waals surface area contributed by atoms with E-state index in [-0.39, 0.29) is 38.5 Å². The van der Waals surface area contributed by atoms with Crippen molar-refractivity contribution in [3.8, 4) is 0 Å². The summed E-state index contributed by atoms with van der Waals surface area (Å²) in [6.45, 7) is 5.53. The third kappa shape index (κ3) is 55.5. The van der Waals surface area contributed by atoms with Gasteiger partial charge in [0.25, 0.3) is 0 Å². The molecule has 0 aliphatic carbocycles. The van der Waals surface area contributed by atoms with Crippen LogP contribution in [0.15, 0.2) is 291 Å². The molecule has 0 aliphatic rings. The van der Waals surface area contributed by atoms with Crippen LogP contribution in [-0.4, -0.2) is 134 Å². The zero-order valence-corrected chi connectivity index (χ0v) is 87.3. The Balaban J connectivity index is 0.933. The molecule has 0 N–H and O–H groups in total. The van der Waals surface area contributed by atoms with Crippen molar-refractivity contribution < 1.29 is 105 Å². The highest BCUT2D eigenvalue weighted by molar-refractivity contribution is 5.92. The molecule has 8 rings (SSSR count). The SMILES string of the molecule is CCCCCCCCC(OC(=O)C=Cc1ccccc1)C(CCCCCCCC(=O)OCC(COC(=O)CCCCCCCC(OC(=O)C=Cc1ccccc1)C(CC(OC(=O)C=Cc1ccccc1)C(CCCCC)OC(=O)C=Cc1ccccc1)OC(=O)C=Cc1ccccc1)OC(=O)CCCCCCCC(OC(=O)C=Cc1ccccc1)C(CCCCCC)OC(=O)C=Cc1ccccc1)OC(=O)C=Cc1ccccc1. The van der Waals surface area contributed by atoms with E-state index >= 15 is 0 Å². The molecular weight excluding hydrogens is 1880 g/mol. The molecule has 794 valence electrons. The first-order chi connectivity index (χ1) is 72.8. The summed E-state index contributed by atoms with van der Waals surface area (Å²) in [5.41, 5.74) is 6.22. The highest BCUT2D eigenvalue weighted by Gasteiger charge is 2.38. The molecule has 8 aromatic carbocycles. The minimum absolute atomic E-state index is 0.00450. The lowest BCUT2D eigenvalue weighted by atomic mass is 9.95. The summed E-state index contributed by atoms with van der Waals surface area (Å²) in [5.74, 6) is -6.88. The van der Waals surface area contributed by atoms with Crippen molar-refractivity contribution in [2.24, 2.45) is 0 Å². The predicted molar refractivity (Wildman–Crippen MR) is 587 cm³/mol. The summed E-state index contributed by atoms with van der Waals surface area (Å²) in [6.07, 6.45) is 37.8. The van der Waals surface area contributed by atoms with Crippen LogP contribution >= 0.6 is 0 Å². The Hall–Kier alpha value is -14.2. The Morgan fingerprint density at radius 3 is 0.564 bits per heavy atom. The first kappa shape index (κ1) is 120. The van der Waals surface area contributed by atoms with E-state index in [1.54, 1.807) is 48.6 Å². The average Bonchev–Trinajstić information content (AvgIpc) is 0.843. The second-order valence-electron chi connectivity index (χ2n) is 37.3. The molecule has 9 unspecified atom stereocenters. The van der Waals surface area contributed by atoms with Crippen LogP contribution in [0.1, 0.15) is 309 Å². The Morgan fingerprint density at radius 1 is 0.188 bits per heavy atom. The van der Waals surface area contributed by atoms with Crippen LogP contribution in [0.25, 0.3) is 48.6 Å². The molecule has 0 fully saturated rings. The number of ether oxygens (including phenoxy) is 11. The van der Waals surface area contributed by atoms with Gasteiger partial charge in [-0.2, -0.15) is 0 Å². The predicted octanol–water partition coefficient (Wildman–Crippen LogP) is 27.9. The Morgan fingerprint density at radius 2 is 0.349 bits per heavy atom. The average molecular weight is 2030 g/mol. The molecule has 0 spiro atoms. The minimum atomic E-state index is -1.30. The Kier molecular flexibility index (Phi) is 60.9. The van der Waals surface area contributed by atoms with Gasteiger partial charge in [0.1, 0.15) is 62.0 Å². The normalized spacial score (nSPS) is 13.4. The van der Waals surface area contributed by atoms with E-state index in [9.17, 15) is 52.7 Å². The van der Waals surface area contributed by atoms with E-state index in [1.165, 1.54) is 48.6 Å². The van der Waals surface area contributed by atoms with E-state index in [0.717, 1.165) is 129 Å². The summed E-state index contributed by atoms with van der Waals surface area (Å²) in [4.78, 5) is 153. The maximum absolute atomic E-state index is 14.3. The molecule has 0 radical (unpaired) electrons. The number of carbonyl (C=O) groups is 11. The van der Waals surface area contributed by atoms with Gasteiger partial charge in [-0.25, -0.2) is 38.4 Å². The Labute approximate surface area is 882 Å². The first-order valence-corrected chi connectivity index (χ1v) is 53.9. The lowest BCUT2D eigenvalue weighted by molar-refractivity contribution is -0.175. The molecule has 0 saturated heterocycles. The lowest BCUT2D eigenvalue weighted by Gasteiger charge is -2.32. The topological polar surface area (TPSA) is 289 Å². The number of rotatable bonds is 75. The molecule has 0 bridgehead atoms. The molecule has 0 aliphatic heterocycles. The van der Waals surface area contributed by atoms with Crippen molar-refractivity contribution in [3.63, 3.8) is 0 Å². The zero-order valence-electron chi connectivity index (χ0n) is 87.3. The smallest absolute Gasteiger partial charge is 0.331 e. The summed E-state index contributed by atoms with van der Waals surface area (Å²) in [6, 6.07) is 74.4. The molecule has 22 nitrogen and oxygen atoms in total. The lowest BCUT2D eigenvalue weighted by Crippen LogP contribution is -2.43. The highest BCUT2D eigenvalue weighted by atomic mass is 16.6. The van der Waals surface area contributed by atoms with Gasteiger partial charge in [0.2, 0.25) is 0 Å². The number of esters is 11. The maximum atomic E-state index is 14.3. The molecule has 9 atom stereocenters. The van der Waals surface area contributed by atoms with Gasteiger partial charge in [-0.15, -0.1) is 0 Å². The highest BCUT2D eigenvalue weighted by Crippen LogP contribution is 2.30. The summed E-state index contributed by atoms with van der Waals surface area (Å²) < 4.78 is 67.6. The summed E-state index contributed by atoms with van der Waals surface area (Å²) in [7, 11) is 0. The van der Waals surface area contributed by atoms with Crippen LogP contribution in [0, 0.1) is 0 Å². The Bertz CT molecular complexity index is 5390. The maximum Gasteiger partial charge on any atom is 0.331 e. The van der Waals surface area contributed by atoms with Gasteiger partial charge in [0.05, 0.1) is 0 Å². The third-order valence-electron chi connectivity index (χ3n) is 25.0. The van der Waals surface area contributed by atoms with Crippen molar-refractivity contribution in [3.05, 3.63) is 336 Å². The fraction of sp³-hybridized carbons (Fsp3) is 0.409. The summed E-state index contributed by atoms with van der Waals surface area (Å²) >= 11 is 0. The molecule has 8 aromatic rings. The fourth-order valence-electron chi connectivity index (χ4n) is 16.8. The molecule has 0 heterocycles. The van der Waals surface area contributed by atoms with E-state index in [1.807, 2.05) is 250 Å². The van der Waals surface area contributed by atoms with Gasteiger partial charge in [0, 0.05) is 74.3 Å². The van der Waals surface area contributed by atoms with Crippen LogP contribution in [-0.2, 0) is 105 Å². The molecule has 149 heavy (non-hydrogen) atoms. The van der Waals surface area contributed by atoms with Gasteiger partial charge in [-0.1, -0.05) is 385 Å². The molecule has 22 heteroatoms. The largest absolute Gasteiger partial charge is 0.462 e. The monoisotopic (exact) mass is 2030 g/mol. The fourth-order valence-corrected chi connectivity index (χ4v) is 16.8. The van der Waals surface area contributed by atoms with Crippen molar-refractivity contribution in [1.82, 2.24) is 0 Å². The van der Waals surface area contributed by atoms with Crippen molar-refractivity contribution >= 4 is 114 Å². The van der Waals surface area contributed by atoms with Gasteiger partial charge in [-0.05, 0) is 189 Å². The molecular formula is C127H154O22. The quantitative estimate of drug-likeness (QED) is 0.0148.